The van der Waals surface area contributed by atoms with Crippen LogP contribution in [0.5, 0.6) is 5.75 Å². The number of amides is 1. The molecule has 1 amide bonds. The first-order valence-corrected chi connectivity index (χ1v) is 5.59. The lowest BCUT2D eigenvalue weighted by Gasteiger charge is -2.21. The van der Waals surface area contributed by atoms with Crippen molar-refractivity contribution in [1.29, 1.82) is 0 Å². The minimum absolute atomic E-state index is 0.0421. The number of alkyl halides is 3. The van der Waals surface area contributed by atoms with Crippen LogP contribution in [0.1, 0.15) is 12.0 Å². The Labute approximate surface area is 106 Å². The highest BCUT2D eigenvalue weighted by Crippen LogP contribution is 2.36. The molecule has 1 aliphatic heterocycles. The molecule has 0 atom stereocenters. The molecular weight excluding hydrogens is 271 g/mol. The molecule has 0 radical (unpaired) electrons. The number of carbonyl (C=O) groups excluding carboxylic acids is 1. The monoisotopic (exact) mass is 279 g/mol. The lowest BCUT2D eigenvalue weighted by Crippen LogP contribution is -2.30. The largest absolute Gasteiger partial charge is 0.491 e. The minimum atomic E-state index is -4.94. The third kappa shape index (κ3) is 2.69. The van der Waals surface area contributed by atoms with Crippen LogP contribution in [0.25, 0.3) is 0 Å². The van der Waals surface area contributed by atoms with Crippen LogP contribution in [-0.2, 0) is 11.2 Å². The van der Waals surface area contributed by atoms with Crippen molar-refractivity contribution in [2.24, 2.45) is 0 Å². The topological polar surface area (TPSA) is 38.3 Å². The summed E-state index contributed by atoms with van der Waals surface area (Å²) in [5.74, 6) is -1.77. The third-order valence-corrected chi connectivity index (χ3v) is 2.69. The van der Waals surface area contributed by atoms with Crippen LogP contribution in [-0.4, -0.2) is 18.7 Å². The van der Waals surface area contributed by atoms with Crippen LogP contribution in [0, 0.1) is 0 Å². The molecule has 0 fully saturated rings. The number of hydrogen-bond donors (Lipinski definition) is 1. The Morgan fingerprint density at radius 2 is 2.11 bits per heavy atom. The molecule has 0 aliphatic carbocycles. The summed E-state index contributed by atoms with van der Waals surface area (Å²) in [6, 6.07) is 2.87. The highest BCUT2D eigenvalue weighted by Gasteiger charge is 2.39. The smallest absolute Gasteiger partial charge is 0.471 e. The van der Waals surface area contributed by atoms with Crippen molar-refractivity contribution < 1.29 is 22.7 Å². The summed E-state index contributed by atoms with van der Waals surface area (Å²) < 4.78 is 41.8. The predicted molar refractivity (Wildman–Crippen MR) is 60.0 cm³/mol. The van der Waals surface area contributed by atoms with Crippen molar-refractivity contribution in [1.82, 2.24) is 0 Å². The molecule has 1 aromatic carbocycles. The molecule has 0 saturated heterocycles. The summed E-state index contributed by atoms with van der Waals surface area (Å²) in [6.07, 6.45) is -3.52. The van der Waals surface area contributed by atoms with Crippen molar-refractivity contribution in [2.45, 2.75) is 19.0 Å². The zero-order chi connectivity index (χ0) is 13.3. The number of carbonyl (C=O) groups is 1. The molecular formula is C11H9ClF3NO2. The van der Waals surface area contributed by atoms with E-state index in [9.17, 15) is 18.0 Å². The lowest BCUT2D eigenvalue weighted by molar-refractivity contribution is -0.167. The molecule has 0 spiro atoms. The Hall–Kier alpha value is -1.43. The summed E-state index contributed by atoms with van der Waals surface area (Å²) in [6.45, 7) is 0.406. The Kier molecular flexibility index (Phi) is 3.38. The zero-order valence-electron chi connectivity index (χ0n) is 9.10. The molecule has 3 nitrogen and oxygen atoms in total. The van der Waals surface area contributed by atoms with Gasteiger partial charge in [0.15, 0.2) is 0 Å². The molecule has 1 heterocycles. The molecule has 0 aromatic heterocycles. The van der Waals surface area contributed by atoms with Gasteiger partial charge in [0, 0.05) is 5.02 Å². The Morgan fingerprint density at radius 1 is 1.39 bits per heavy atom. The van der Waals surface area contributed by atoms with Gasteiger partial charge < -0.3 is 10.1 Å². The molecule has 1 aromatic rings. The summed E-state index contributed by atoms with van der Waals surface area (Å²) in [4.78, 5) is 10.9. The highest BCUT2D eigenvalue weighted by atomic mass is 35.5. The van der Waals surface area contributed by atoms with E-state index in [1.54, 1.807) is 11.4 Å². The summed E-state index contributed by atoms with van der Waals surface area (Å²) in [5.41, 5.74) is 0.658. The SMILES string of the molecule is O=C(Nc1cc(Cl)cc2c1OCCC2)C(F)(F)F. The maximum absolute atomic E-state index is 12.2. The molecule has 0 unspecified atom stereocenters. The average Bonchev–Trinajstić information content (AvgIpc) is 2.27. The number of halogens is 4. The number of fused-ring (bicyclic) bond motifs is 1. The van der Waals surface area contributed by atoms with E-state index >= 15 is 0 Å². The Morgan fingerprint density at radius 3 is 2.78 bits per heavy atom. The number of anilines is 1. The first-order chi connectivity index (χ1) is 8.38. The molecule has 7 heteroatoms. The van der Waals surface area contributed by atoms with Gasteiger partial charge in [-0.05, 0) is 30.5 Å². The lowest BCUT2D eigenvalue weighted by atomic mass is 10.1. The van der Waals surface area contributed by atoms with Gasteiger partial charge in [-0.15, -0.1) is 0 Å². The molecule has 0 saturated carbocycles. The summed E-state index contributed by atoms with van der Waals surface area (Å²) in [7, 11) is 0. The van der Waals surface area contributed by atoms with Gasteiger partial charge >= 0.3 is 12.1 Å². The van der Waals surface area contributed by atoms with Gasteiger partial charge in [0.25, 0.3) is 0 Å². The second kappa shape index (κ2) is 4.68. The number of benzene rings is 1. The molecule has 1 aliphatic rings. The number of hydrogen-bond acceptors (Lipinski definition) is 2. The van der Waals surface area contributed by atoms with Gasteiger partial charge in [-0.2, -0.15) is 13.2 Å². The Bertz CT molecular complexity index is 488. The van der Waals surface area contributed by atoms with E-state index in [1.165, 1.54) is 6.07 Å². The van der Waals surface area contributed by atoms with Crippen molar-refractivity contribution >= 4 is 23.2 Å². The van der Waals surface area contributed by atoms with Crippen molar-refractivity contribution in [3.8, 4) is 5.75 Å². The highest BCUT2D eigenvalue weighted by molar-refractivity contribution is 6.31. The van der Waals surface area contributed by atoms with E-state index in [0.29, 0.717) is 18.6 Å². The van der Waals surface area contributed by atoms with Crippen LogP contribution in [0.4, 0.5) is 18.9 Å². The van der Waals surface area contributed by atoms with E-state index in [0.717, 1.165) is 6.42 Å². The van der Waals surface area contributed by atoms with Crippen molar-refractivity contribution in [3.63, 3.8) is 0 Å². The number of rotatable bonds is 1. The van der Waals surface area contributed by atoms with Crippen LogP contribution >= 0.6 is 11.6 Å². The quantitative estimate of drug-likeness (QED) is 0.857. The third-order valence-electron chi connectivity index (χ3n) is 2.47. The number of ether oxygens (including phenoxy) is 1. The Balaban J connectivity index is 2.33. The average molecular weight is 280 g/mol. The summed E-state index contributed by atoms with van der Waals surface area (Å²) in [5, 5.41) is 2.04. The first kappa shape index (κ1) is 13.0. The minimum Gasteiger partial charge on any atom is -0.491 e. The fourth-order valence-electron chi connectivity index (χ4n) is 1.73. The van der Waals surface area contributed by atoms with Gasteiger partial charge in [-0.3, -0.25) is 4.79 Å². The van der Waals surface area contributed by atoms with Gasteiger partial charge in [0.1, 0.15) is 5.75 Å². The van der Waals surface area contributed by atoms with E-state index in [4.69, 9.17) is 16.3 Å². The fourth-order valence-corrected chi connectivity index (χ4v) is 1.97. The second-order valence-corrected chi connectivity index (χ2v) is 4.28. The standard InChI is InChI=1S/C11H9ClF3NO2/c12-7-4-6-2-1-3-18-9(6)8(5-7)16-10(17)11(13,14)15/h4-5H,1-3H2,(H,16,17). The predicted octanol–water partition coefficient (Wildman–Crippen LogP) is 3.17. The van der Waals surface area contributed by atoms with Gasteiger partial charge in [0.2, 0.25) is 0 Å². The van der Waals surface area contributed by atoms with E-state index < -0.39 is 12.1 Å². The van der Waals surface area contributed by atoms with Crippen molar-refractivity contribution in [2.75, 3.05) is 11.9 Å². The normalized spacial score (nSPS) is 14.7. The van der Waals surface area contributed by atoms with E-state index in [1.807, 2.05) is 0 Å². The van der Waals surface area contributed by atoms with Gasteiger partial charge in [-0.1, -0.05) is 11.6 Å². The van der Waals surface area contributed by atoms with Gasteiger partial charge in [-0.25, -0.2) is 0 Å². The van der Waals surface area contributed by atoms with Crippen LogP contribution in [0.3, 0.4) is 0 Å². The molecule has 1 N–H and O–H groups in total. The molecule has 0 bridgehead atoms. The first-order valence-electron chi connectivity index (χ1n) is 5.21. The summed E-state index contributed by atoms with van der Waals surface area (Å²) >= 11 is 5.79. The van der Waals surface area contributed by atoms with Crippen molar-refractivity contribution in [3.05, 3.63) is 22.7 Å². The van der Waals surface area contributed by atoms with Crippen LogP contribution < -0.4 is 10.1 Å². The second-order valence-electron chi connectivity index (χ2n) is 3.85. The number of aryl methyl sites for hydroxylation is 1. The van der Waals surface area contributed by atoms with E-state index in [2.05, 4.69) is 0 Å². The fraction of sp³-hybridized carbons (Fsp3) is 0.364. The zero-order valence-corrected chi connectivity index (χ0v) is 9.86. The van der Waals surface area contributed by atoms with Crippen LogP contribution in [0.2, 0.25) is 5.02 Å². The molecule has 2 rings (SSSR count). The maximum atomic E-state index is 12.2. The molecule has 18 heavy (non-hydrogen) atoms. The molecule has 98 valence electrons. The number of nitrogens with one attached hydrogen (secondary N) is 1. The maximum Gasteiger partial charge on any atom is 0.471 e. The van der Waals surface area contributed by atoms with Crippen LogP contribution in [0.15, 0.2) is 12.1 Å². The van der Waals surface area contributed by atoms with E-state index in [-0.39, 0.29) is 16.5 Å². The van der Waals surface area contributed by atoms with Gasteiger partial charge in [0.05, 0.1) is 12.3 Å².